The van der Waals surface area contributed by atoms with E-state index in [-0.39, 0.29) is 11.3 Å². The van der Waals surface area contributed by atoms with Crippen molar-refractivity contribution in [3.8, 4) is 5.75 Å². The molecule has 0 aromatic heterocycles. The Morgan fingerprint density at radius 1 is 1.11 bits per heavy atom. The molecule has 2 heterocycles. The molecule has 146 valence electrons. The van der Waals surface area contributed by atoms with E-state index in [0.29, 0.717) is 31.1 Å². The number of nitrogens with zero attached hydrogens (tertiary/aromatic N) is 1. The number of nitrogens with one attached hydrogen (secondary N) is 1. The maximum absolute atomic E-state index is 13.2. The van der Waals surface area contributed by atoms with Gasteiger partial charge in [0.15, 0.2) is 18.1 Å². The number of aliphatic hydroxyl groups is 1. The highest BCUT2D eigenvalue weighted by molar-refractivity contribution is 6.11. The van der Waals surface area contributed by atoms with Crippen molar-refractivity contribution in [2.45, 2.75) is 12.0 Å². The van der Waals surface area contributed by atoms with Crippen molar-refractivity contribution in [2.75, 3.05) is 37.9 Å². The first kappa shape index (κ1) is 18.6. The van der Waals surface area contributed by atoms with E-state index in [1.165, 1.54) is 17.0 Å². The van der Waals surface area contributed by atoms with E-state index >= 15 is 0 Å². The Labute approximate surface area is 162 Å². The standard InChI is InChI=1S/C21H22N2O5/c24-18-8-4-1-5-15(18)19(25)13-21(27)16-6-2-3-7-17(16)23(20(21)26)14-22-9-11-28-12-10-22/h1-8,24,27H,9-14H2/p+1/t21-/m1/s1. The number of hydrogen-bond donors (Lipinski definition) is 3. The highest BCUT2D eigenvalue weighted by Crippen LogP contribution is 2.42. The summed E-state index contributed by atoms with van der Waals surface area (Å²) in [4.78, 5) is 28.7. The van der Waals surface area contributed by atoms with Crippen LogP contribution >= 0.6 is 0 Å². The van der Waals surface area contributed by atoms with Crippen LogP contribution in [0.2, 0.25) is 0 Å². The van der Waals surface area contributed by atoms with Crippen LogP contribution in [0.4, 0.5) is 5.69 Å². The van der Waals surface area contributed by atoms with Gasteiger partial charge in [-0.3, -0.25) is 14.5 Å². The molecule has 2 aromatic rings. The molecule has 7 heteroatoms. The molecule has 1 saturated heterocycles. The van der Waals surface area contributed by atoms with E-state index in [2.05, 4.69) is 0 Å². The number of phenols is 1. The number of ketones is 1. The predicted molar refractivity (Wildman–Crippen MR) is 101 cm³/mol. The van der Waals surface area contributed by atoms with E-state index in [0.717, 1.165) is 13.1 Å². The smallest absolute Gasteiger partial charge is 0.268 e. The summed E-state index contributed by atoms with van der Waals surface area (Å²) in [6, 6.07) is 13.2. The van der Waals surface area contributed by atoms with Gasteiger partial charge in [-0.15, -0.1) is 0 Å². The fraction of sp³-hybridized carbons (Fsp3) is 0.333. The minimum absolute atomic E-state index is 0.0958. The zero-order valence-corrected chi connectivity index (χ0v) is 15.4. The molecule has 3 N–H and O–H groups in total. The molecule has 28 heavy (non-hydrogen) atoms. The number of aromatic hydroxyl groups is 1. The fourth-order valence-corrected chi connectivity index (χ4v) is 3.91. The van der Waals surface area contributed by atoms with E-state index in [9.17, 15) is 19.8 Å². The zero-order chi connectivity index (χ0) is 19.7. The lowest BCUT2D eigenvalue weighted by atomic mass is 9.88. The number of quaternary nitrogens is 1. The van der Waals surface area contributed by atoms with Gasteiger partial charge in [0.2, 0.25) is 0 Å². The van der Waals surface area contributed by atoms with Crippen LogP contribution in [-0.2, 0) is 15.1 Å². The topological polar surface area (TPSA) is 91.5 Å². The van der Waals surface area contributed by atoms with Gasteiger partial charge in [0.1, 0.15) is 18.8 Å². The molecule has 0 unspecified atom stereocenters. The third-order valence-corrected chi connectivity index (χ3v) is 5.44. The van der Waals surface area contributed by atoms with Crippen LogP contribution in [-0.4, -0.2) is 54.9 Å². The Morgan fingerprint density at radius 2 is 1.79 bits per heavy atom. The van der Waals surface area contributed by atoms with E-state index in [1.807, 2.05) is 6.07 Å². The maximum atomic E-state index is 13.2. The van der Waals surface area contributed by atoms with Gasteiger partial charge < -0.3 is 19.8 Å². The summed E-state index contributed by atoms with van der Waals surface area (Å²) in [6.45, 7) is 3.23. The Kier molecular flexibility index (Phi) is 4.89. The second-order valence-electron chi connectivity index (χ2n) is 7.25. The van der Waals surface area contributed by atoms with Crippen molar-refractivity contribution in [1.29, 1.82) is 0 Å². The molecule has 0 spiro atoms. The molecule has 7 nitrogen and oxygen atoms in total. The molecule has 0 aliphatic carbocycles. The Bertz CT molecular complexity index is 909. The van der Waals surface area contributed by atoms with Crippen LogP contribution in [0.5, 0.6) is 5.75 Å². The lowest BCUT2D eigenvalue weighted by Crippen LogP contribution is -3.15. The van der Waals surface area contributed by atoms with Gasteiger partial charge in [0.25, 0.3) is 5.91 Å². The first-order valence-electron chi connectivity index (χ1n) is 9.37. The van der Waals surface area contributed by atoms with E-state index in [4.69, 9.17) is 4.74 Å². The molecule has 4 rings (SSSR count). The molecule has 0 radical (unpaired) electrons. The second-order valence-corrected chi connectivity index (χ2v) is 7.25. The first-order valence-corrected chi connectivity index (χ1v) is 9.37. The highest BCUT2D eigenvalue weighted by Gasteiger charge is 2.52. The maximum Gasteiger partial charge on any atom is 0.268 e. The van der Waals surface area contributed by atoms with Gasteiger partial charge >= 0.3 is 0 Å². The molecule has 1 amide bonds. The molecular formula is C21H23N2O5+. The summed E-state index contributed by atoms with van der Waals surface area (Å²) in [5.74, 6) is -1.15. The summed E-state index contributed by atoms with van der Waals surface area (Å²) >= 11 is 0. The van der Waals surface area contributed by atoms with Gasteiger partial charge in [0.05, 0.1) is 30.9 Å². The molecule has 1 fully saturated rings. The van der Waals surface area contributed by atoms with Gasteiger partial charge in [-0.25, -0.2) is 0 Å². The lowest BCUT2D eigenvalue weighted by Gasteiger charge is -2.29. The normalized spacial score (nSPS) is 22.3. The second kappa shape index (κ2) is 7.35. The summed E-state index contributed by atoms with van der Waals surface area (Å²) < 4.78 is 5.37. The van der Waals surface area contributed by atoms with Gasteiger partial charge in [-0.1, -0.05) is 30.3 Å². The Balaban J connectivity index is 1.64. The third kappa shape index (κ3) is 3.17. The first-order chi connectivity index (χ1) is 13.5. The molecule has 0 saturated carbocycles. The van der Waals surface area contributed by atoms with Gasteiger partial charge in [0, 0.05) is 5.56 Å². The number of amides is 1. The number of anilines is 1. The van der Waals surface area contributed by atoms with Crippen LogP contribution in [0.3, 0.4) is 0 Å². The molecule has 2 aliphatic rings. The lowest BCUT2D eigenvalue weighted by molar-refractivity contribution is -0.906. The number of ether oxygens (including phenoxy) is 1. The number of morpholine rings is 1. The zero-order valence-electron chi connectivity index (χ0n) is 15.4. The molecule has 2 aromatic carbocycles. The average molecular weight is 383 g/mol. The number of carbonyl (C=O) groups excluding carboxylic acids is 2. The number of rotatable bonds is 5. The number of hydrogen-bond acceptors (Lipinski definition) is 5. The minimum Gasteiger partial charge on any atom is -0.507 e. The largest absolute Gasteiger partial charge is 0.507 e. The SMILES string of the molecule is O=C(C[C@]1(O)C(=O)N(C[NH+]2CCOCC2)c2ccccc21)c1ccccc1O. The summed E-state index contributed by atoms with van der Waals surface area (Å²) in [7, 11) is 0. The van der Waals surface area contributed by atoms with Gasteiger partial charge in [-0.05, 0) is 18.2 Å². The number of para-hydroxylation sites is 2. The Hall–Kier alpha value is -2.74. The van der Waals surface area contributed by atoms with Gasteiger partial charge in [-0.2, -0.15) is 0 Å². The van der Waals surface area contributed by atoms with E-state index < -0.39 is 23.7 Å². The number of Topliss-reactive ketones (excluding diaryl/α,β-unsaturated/α-hetero) is 1. The van der Waals surface area contributed by atoms with Crippen LogP contribution in [0, 0.1) is 0 Å². The predicted octanol–water partition coefficient (Wildman–Crippen LogP) is 0.0720. The highest BCUT2D eigenvalue weighted by atomic mass is 16.5. The van der Waals surface area contributed by atoms with E-state index in [1.54, 1.807) is 35.2 Å². The molecule has 1 atom stereocenters. The van der Waals surface area contributed by atoms with Crippen molar-refractivity contribution >= 4 is 17.4 Å². The minimum atomic E-state index is -1.94. The van der Waals surface area contributed by atoms with Crippen LogP contribution < -0.4 is 9.80 Å². The van der Waals surface area contributed by atoms with Crippen LogP contribution in [0.15, 0.2) is 48.5 Å². The molecular weight excluding hydrogens is 360 g/mol. The molecule has 2 aliphatic heterocycles. The van der Waals surface area contributed by atoms with Crippen molar-refractivity contribution in [3.63, 3.8) is 0 Å². The number of carbonyl (C=O) groups is 2. The van der Waals surface area contributed by atoms with Crippen molar-refractivity contribution in [3.05, 3.63) is 59.7 Å². The van der Waals surface area contributed by atoms with Crippen molar-refractivity contribution < 1.29 is 29.4 Å². The number of phenolic OH excluding ortho intramolecular Hbond substituents is 1. The number of fused-ring (bicyclic) bond motifs is 1. The quantitative estimate of drug-likeness (QED) is 0.636. The number of benzene rings is 2. The monoisotopic (exact) mass is 383 g/mol. The molecule has 0 bridgehead atoms. The summed E-state index contributed by atoms with van der Waals surface area (Å²) in [6.07, 6.45) is -0.421. The van der Waals surface area contributed by atoms with Crippen molar-refractivity contribution in [1.82, 2.24) is 0 Å². The fourth-order valence-electron chi connectivity index (χ4n) is 3.91. The van der Waals surface area contributed by atoms with Crippen molar-refractivity contribution in [2.24, 2.45) is 0 Å². The van der Waals surface area contributed by atoms with Crippen LogP contribution in [0.1, 0.15) is 22.3 Å². The third-order valence-electron chi connectivity index (χ3n) is 5.44. The Morgan fingerprint density at radius 3 is 2.54 bits per heavy atom. The summed E-state index contributed by atoms with van der Waals surface area (Å²) in [5.41, 5.74) is -0.796. The van der Waals surface area contributed by atoms with Crippen LogP contribution in [0.25, 0.3) is 0 Å². The average Bonchev–Trinajstić information content (AvgIpc) is 2.91. The summed E-state index contributed by atoms with van der Waals surface area (Å²) in [5, 5.41) is 21.3.